The molecule has 1 saturated carbocycles. The number of methoxy groups -OCH3 is 1. The van der Waals surface area contributed by atoms with Gasteiger partial charge in [0.15, 0.2) is 11.5 Å². The number of nitrogens with one attached hydrogen (secondary N) is 1. The van der Waals surface area contributed by atoms with Gasteiger partial charge in [-0.25, -0.2) is 0 Å². The largest absolute Gasteiger partial charge is 0.493 e. The molecule has 5 heteroatoms. The molecule has 0 aromatic heterocycles. The lowest BCUT2D eigenvalue weighted by Gasteiger charge is -2.22. The van der Waals surface area contributed by atoms with Crippen molar-refractivity contribution in [2.45, 2.75) is 51.3 Å². The fourth-order valence-corrected chi connectivity index (χ4v) is 4.31. The summed E-state index contributed by atoms with van der Waals surface area (Å²) in [5.74, 6) is 2.19. The lowest BCUT2D eigenvalue weighted by molar-refractivity contribution is 0.0732. The Bertz CT molecular complexity index is 763. The Labute approximate surface area is 187 Å². The molecule has 0 spiro atoms. The maximum atomic E-state index is 10.5. The fraction of sp³-hybridized carbons (Fsp3) is 0.538. The summed E-state index contributed by atoms with van der Waals surface area (Å²) in [5.41, 5.74) is 2.40. The van der Waals surface area contributed by atoms with E-state index in [-0.39, 0.29) is 6.61 Å². The van der Waals surface area contributed by atoms with Gasteiger partial charge in [-0.3, -0.25) is 4.90 Å². The van der Waals surface area contributed by atoms with Crippen molar-refractivity contribution in [2.24, 2.45) is 5.92 Å². The van der Waals surface area contributed by atoms with Crippen molar-refractivity contribution in [3.8, 4) is 11.5 Å². The standard InChI is InChI=1S/C26H38N2O3/c1-28(18-22-11-7-4-8-12-22)19-24(29)20-31-26-15-23(13-14-25(26)30-2)17-27-16-21-9-5-3-6-10-21/h4,7-8,11-15,21,24,27,29H,3,5-6,9-10,16-20H2,1-2H3/t24-/m1/s1. The molecule has 1 atom stereocenters. The number of aliphatic hydroxyl groups excluding tert-OH is 1. The highest BCUT2D eigenvalue weighted by Crippen LogP contribution is 2.28. The average molecular weight is 427 g/mol. The topological polar surface area (TPSA) is 54.0 Å². The Morgan fingerprint density at radius 1 is 1.03 bits per heavy atom. The lowest BCUT2D eigenvalue weighted by Crippen LogP contribution is -2.32. The SMILES string of the molecule is COc1ccc(CNCC2CCCCC2)cc1OC[C@H](O)CN(C)Cc1ccccc1. The third kappa shape index (κ3) is 8.17. The van der Waals surface area contributed by atoms with E-state index in [1.807, 2.05) is 37.4 Å². The minimum absolute atomic E-state index is 0.231. The van der Waals surface area contributed by atoms with Crippen LogP contribution >= 0.6 is 0 Å². The summed E-state index contributed by atoms with van der Waals surface area (Å²) < 4.78 is 11.4. The van der Waals surface area contributed by atoms with E-state index in [0.29, 0.717) is 18.0 Å². The van der Waals surface area contributed by atoms with E-state index in [1.165, 1.54) is 43.2 Å². The number of nitrogens with zero attached hydrogens (tertiary/aromatic N) is 1. The summed E-state index contributed by atoms with van der Waals surface area (Å²) in [7, 11) is 3.66. The van der Waals surface area contributed by atoms with Crippen LogP contribution in [0.2, 0.25) is 0 Å². The Morgan fingerprint density at radius 3 is 2.55 bits per heavy atom. The normalized spacial score (nSPS) is 15.7. The number of benzene rings is 2. The van der Waals surface area contributed by atoms with Crippen LogP contribution in [0.5, 0.6) is 11.5 Å². The first-order valence-corrected chi connectivity index (χ1v) is 11.5. The molecule has 0 unspecified atom stereocenters. The van der Waals surface area contributed by atoms with Crippen LogP contribution in [0.1, 0.15) is 43.2 Å². The zero-order valence-electron chi connectivity index (χ0n) is 19.1. The quantitative estimate of drug-likeness (QED) is 0.532. The average Bonchev–Trinajstić information content (AvgIpc) is 2.79. The molecule has 2 aromatic rings. The van der Waals surface area contributed by atoms with Gasteiger partial charge in [0.2, 0.25) is 0 Å². The third-order valence-corrected chi connectivity index (χ3v) is 5.96. The fourth-order valence-electron chi connectivity index (χ4n) is 4.31. The monoisotopic (exact) mass is 426 g/mol. The van der Waals surface area contributed by atoms with E-state index in [9.17, 15) is 5.11 Å². The molecule has 0 amide bonds. The first-order valence-electron chi connectivity index (χ1n) is 11.5. The van der Waals surface area contributed by atoms with E-state index in [2.05, 4.69) is 28.4 Å². The highest BCUT2D eigenvalue weighted by atomic mass is 16.5. The Balaban J connectivity index is 1.45. The molecule has 0 heterocycles. The minimum atomic E-state index is -0.577. The summed E-state index contributed by atoms with van der Waals surface area (Å²) in [5, 5.41) is 14.1. The molecule has 1 aliphatic carbocycles. The second-order valence-electron chi connectivity index (χ2n) is 8.77. The maximum Gasteiger partial charge on any atom is 0.161 e. The maximum absolute atomic E-state index is 10.5. The van der Waals surface area contributed by atoms with Crippen LogP contribution in [0.4, 0.5) is 0 Å². The Kier molecular flexibility index (Phi) is 9.66. The zero-order valence-corrected chi connectivity index (χ0v) is 19.1. The van der Waals surface area contributed by atoms with Gasteiger partial charge in [0.05, 0.1) is 7.11 Å². The van der Waals surface area contributed by atoms with Crippen molar-refractivity contribution in [1.82, 2.24) is 10.2 Å². The van der Waals surface area contributed by atoms with Gasteiger partial charge in [-0.15, -0.1) is 0 Å². The molecule has 170 valence electrons. The van der Waals surface area contributed by atoms with Crippen LogP contribution in [0.15, 0.2) is 48.5 Å². The Hall–Kier alpha value is -2.08. The second-order valence-corrected chi connectivity index (χ2v) is 8.77. The molecule has 31 heavy (non-hydrogen) atoms. The number of ether oxygens (including phenoxy) is 2. The molecular formula is C26H38N2O3. The van der Waals surface area contributed by atoms with Crippen LogP contribution in [-0.2, 0) is 13.1 Å². The van der Waals surface area contributed by atoms with Gasteiger partial charge in [0, 0.05) is 19.6 Å². The molecule has 0 saturated heterocycles. The summed E-state index contributed by atoms with van der Waals surface area (Å²) in [4.78, 5) is 2.10. The number of rotatable bonds is 12. The molecule has 1 aliphatic rings. The molecular weight excluding hydrogens is 388 g/mol. The van der Waals surface area contributed by atoms with Crippen molar-refractivity contribution in [1.29, 1.82) is 0 Å². The van der Waals surface area contributed by atoms with Gasteiger partial charge < -0.3 is 19.9 Å². The predicted octanol–water partition coefficient (Wildman–Crippen LogP) is 4.24. The van der Waals surface area contributed by atoms with Crippen LogP contribution in [0, 0.1) is 5.92 Å². The van der Waals surface area contributed by atoms with Crippen molar-refractivity contribution in [3.05, 3.63) is 59.7 Å². The van der Waals surface area contributed by atoms with Gasteiger partial charge in [-0.1, -0.05) is 55.7 Å². The molecule has 0 radical (unpaired) electrons. The molecule has 3 rings (SSSR count). The van der Waals surface area contributed by atoms with Gasteiger partial charge in [0.1, 0.15) is 12.7 Å². The first-order chi connectivity index (χ1) is 15.1. The third-order valence-electron chi connectivity index (χ3n) is 5.96. The van der Waals surface area contributed by atoms with Crippen molar-refractivity contribution < 1.29 is 14.6 Å². The summed E-state index contributed by atoms with van der Waals surface area (Å²) >= 11 is 0. The summed E-state index contributed by atoms with van der Waals surface area (Å²) in [6.45, 7) is 3.46. The van der Waals surface area contributed by atoms with Gasteiger partial charge in [-0.05, 0) is 55.6 Å². The molecule has 0 aliphatic heterocycles. The zero-order chi connectivity index (χ0) is 21.9. The predicted molar refractivity (Wildman–Crippen MR) is 126 cm³/mol. The Morgan fingerprint density at radius 2 is 1.81 bits per heavy atom. The number of hydrogen-bond acceptors (Lipinski definition) is 5. The van der Waals surface area contributed by atoms with E-state index in [1.54, 1.807) is 7.11 Å². The summed E-state index contributed by atoms with van der Waals surface area (Å²) in [6, 6.07) is 16.3. The van der Waals surface area contributed by atoms with Crippen LogP contribution in [0.25, 0.3) is 0 Å². The molecule has 2 N–H and O–H groups in total. The van der Waals surface area contributed by atoms with E-state index in [4.69, 9.17) is 9.47 Å². The van der Waals surface area contributed by atoms with Gasteiger partial charge in [0.25, 0.3) is 0 Å². The minimum Gasteiger partial charge on any atom is -0.493 e. The first kappa shape index (κ1) is 23.6. The molecule has 2 aromatic carbocycles. The van der Waals surface area contributed by atoms with E-state index in [0.717, 1.165) is 25.6 Å². The molecule has 5 nitrogen and oxygen atoms in total. The molecule has 0 bridgehead atoms. The number of likely N-dealkylation sites (N-methyl/N-ethyl adjacent to an activating group) is 1. The lowest BCUT2D eigenvalue weighted by atomic mass is 9.89. The number of aliphatic hydroxyl groups is 1. The second kappa shape index (κ2) is 12.7. The van der Waals surface area contributed by atoms with Gasteiger partial charge >= 0.3 is 0 Å². The number of hydrogen-bond donors (Lipinski definition) is 2. The van der Waals surface area contributed by atoms with Crippen molar-refractivity contribution in [2.75, 3.05) is 33.9 Å². The van der Waals surface area contributed by atoms with Crippen LogP contribution in [0.3, 0.4) is 0 Å². The van der Waals surface area contributed by atoms with Crippen LogP contribution in [-0.4, -0.2) is 50.0 Å². The van der Waals surface area contributed by atoms with E-state index < -0.39 is 6.10 Å². The van der Waals surface area contributed by atoms with Crippen LogP contribution < -0.4 is 14.8 Å². The molecule has 1 fully saturated rings. The summed E-state index contributed by atoms with van der Waals surface area (Å²) in [6.07, 6.45) is 6.25. The highest BCUT2D eigenvalue weighted by Gasteiger charge is 2.14. The van der Waals surface area contributed by atoms with Gasteiger partial charge in [-0.2, -0.15) is 0 Å². The van der Waals surface area contributed by atoms with Crippen molar-refractivity contribution >= 4 is 0 Å². The van der Waals surface area contributed by atoms with Crippen molar-refractivity contribution in [3.63, 3.8) is 0 Å². The smallest absolute Gasteiger partial charge is 0.161 e. The van der Waals surface area contributed by atoms with E-state index >= 15 is 0 Å². The highest BCUT2D eigenvalue weighted by molar-refractivity contribution is 5.43.